The number of ether oxygens (including phenoxy) is 1. The molecular formula is C14H26BNO4. The fraction of sp³-hybridized carbons (Fsp3) is 0.929. The monoisotopic (exact) mass is 288 g/mol. The number of carbonyl (C=O) groups excluding carboxylic acids is 1. The minimum absolute atomic E-state index is 0.309. The summed E-state index contributed by atoms with van der Waals surface area (Å²) >= 11 is 0. The van der Waals surface area contributed by atoms with E-state index in [2.05, 4.69) is 0 Å². The lowest BCUT2D eigenvalue weighted by molar-refractivity contribution is 0.00578. The van der Waals surface area contributed by atoms with E-state index in [0.29, 0.717) is 4.90 Å². The van der Waals surface area contributed by atoms with Crippen molar-refractivity contribution in [3.63, 3.8) is 0 Å². The van der Waals surface area contributed by atoms with Crippen LogP contribution in [0, 0.1) is 0 Å². The molecule has 2 aliphatic heterocycles. The highest BCUT2D eigenvalue weighted by Gasteiger charge is 2.56. The summed E-state index contributed by atoms with van der Waals surface area (Å²) < 4.78 is 57.8. The van der Waals surface area contributed by atoms with Gasteiger partial charge in [-0.3, -0.25) is 0 Å². The maximum Gasteiger partial charge on any atom is 0.464 e. The first kappa shape index (κ1) is 10.1. The molecule has 20 heavy (non-hydrogen) atoms. The van der Waals surface area contributed by atoms with Gasteiger partial charge in [0.2, 0.25) is 0 Å². The fourth-order valence-electron chi connectivity index (χ4n) is 1.71. The molecule has 0 aromatic carbocycles. The first-order chi connectivity index (χ1) is 10.8. The van der Waals surface area contributed by atoms with Crippen LogP contribution in [0.3, 0.4) is 0 Å². The Morgan fingerprint density at radius 2 is 1.75 bits per heavy atom. The third-order valence-electron chi connectivity index (χ3n) is 3.53. The van der Waals surface area contributed by atoms with Gasteiger partial charge in [0.15, 0.2) is 0 Å². The van der Waals surface area contributed by atoms with Crippen molar-refractivity contribution in [1.82, 2.24) is 4.90 Å². The van der Waals surface area contributed by atoms with Crippen LogP contribution < -0.4 is 0 Å². The summed E-state index contributed by atoms with van der Waals surface area (Å²) in [5.74, 6) is -2.47. The van der Waals surface area contributed by atoms with E-state index in [1.54, 1.807) is 48.5 Å². The van der Waals surface area contributed by atoms with E-state index in [1.807, 2.05) is 0 Å². The van der Waals surface area contributed by atoms with Crippen molar-refractivity contribution in [3.05, 3.63) is 0 Å². The van der Waals surface area contributed by atoms with Gasteiger partial charge >= 0.3 is 13.2 Å². The predicted molar refractivity (Wildman–Crippen MR) is 77.6 cm³/mol. The van der Waals surface area contributed by atoms with Gasteiger partial charge in [-0.25, -0.2) is 4.79 Å². The molecule has 0 spiro atoms. The number of hydrogen-bond donors (Lipinski definition) is 0. The van der Waals surface area contributed by atoms with Crippen LogP contribution >= 0.6 is 0 Å². The van der Waals surface area contributed by atoms with Crippen molar-refractivity contribution in [2.45, 2.75) is 71.1 Å². The molecule has 0 aliphatic carbocycles. The van der Waals surface area contributed by atoms with Crippen molar-refractivity contribution in [3.8, 4) is 0 Å². The highest BCUT2D eigenvalue weighted by molar-refractivity contribution is 6.48. The number of nitrogens with zero attached hydrogens (tertiary/aromatic N) is 1. The Labute approximate surface area is 129 Å². The van der Waals surface area contributed by atoms with E-state index in [0.717, 1.165) is 0 Å². The van der Waals surface area contributed by atoms with Crippen LogP contribution in [0.4, 0.5) is 4.79 Å². The van der Waals surface area contributed by atoms with Gasteiger partial charge in [0.05, 0.1) is 11.2 Å². The summed E-state index contributed by atoms with van der Waals surface area (Å²) in [5, 5.41) is 0. The van der Waals surface area contributed by atoms with Crippen LogP contribution in [0.15, 0.2) is 0 Å². The molecule has 0 saturated carbocycles. The number of amides is 1. The molecular weight excluding hydrogens is 257 g/mol. The van der Waals surface area contributed by atoms with Crippen LogP contribution in [0.2, 0.25) is 5.79 Å². The molecule has 114 valence electrons. The number of likely N-dealkylation sites (tertiary alicyclic amines) is 1. The molecule has 2 heterocycles. The molecule has 0 radical (unpaired) electrons. The smallest absolute Gasteiger partial charge is 0.444 e. The van der Waals surface area contributed by atoms with Gasteiger partial charge in [0, 0.05) is 25.6 Å². The summed E-state index contributed by atoms with van der Waals surface area (Å²) in [6.07, 6.45) is -1.16. The Kier molecular flexibility index (Phi) is 2.33. The van der Waals surface area contributed by atoms with Crippen molar-refractivity contribution >= 4 is 13.2 Å². The summed E-state index contributed by atoms with van der Waals surface area (Å²) in [7, 11) is -1.49. The largest absolute Gasteiger partial charge is 0.464 e. The van der Waals surface area contributed by atoms with Gasteiger partial charge < -0.3 is 18.9 Å². The van der Waals surface area contributed by atoms with Gasteiger partial charge in [0.1, 0.15) is 5.60 Å². The fourth-order valence-corrected chi connectivity index (χ4v) is 1.71. The highest BCUT2D eigenvalue weighted by atomic mass is 16.7. The molecule has 2 fully saturated rings. The van der Waals surface area contributed by atoms with E-state index in [1.165, 1.54) is 0 Å². The Balaban J connectivity index is 2.37. The zero-order valence-electron chi connectivity index (χ0n) is 18.2. The lowest BCUT2D eigenvalue weighted by Gasteiger charge is -2.40. The van der Waals surface area contributed by atoms with Crippen LogP contribution in [0.1, 0.15) is 55.3 Å². The van der Waals surface area contributed by atoms with Gasteiger partial charge in [-0.05, 0) is 48.5 Å². The van der Waals surface area contributed by atoms with E-state index < -0.39 is 48.8 Å². The van der Waals surface area contributed by atoms with Crippen LogP contribution in [0.5, 0.6) is 0 Å². The molecule has 2 rings (SSSR count). The second-order valence-corrected chi connectivity index (χ2v) is 7.04. The van der Waals surface area contributed by atoms with Crippen molar-refractivity contribution in [2.24, 2.45) is 0 Å². The van der Waals surface area contributed by atoms with Gasteiger partial charge in [-0.1, -0.05) is 0 Å². The molecule has 2 aliphatic rings. The summed E-state index contributed by atoms with van der Waals surface area (Å²) in [6, 6.07) is 0. The molecule has 5 nitrogen and oxygen atoms in total. The Morgan fingerprint density at radius 1 is 1.30 bits per heavy atom. The first-order valence-electron chi connectivity index (χ1n) is 9.20. The maximum absolute atomic E-state index is 12.3. The zero-order valence-corrected chi connectivity index (χ0v) is 13.2. The molecule has 0 N–H and O–H groups in total. The Hall–Kier alpha value is -0.745. The lowest BCUT2D eigenvalue weighted by Crippen LogP contribution is -2.54. The van der Waals surface area contributed by atoms with Crippen LogP contribution in [0.25, 0.3) is 0 Å². The predicted octanol–water partition coefficient (Wildman–Crippen LogP) is 2.70. The average Bonchev–Trinajstić information content (AvgIpc) is 2.53. The molecule has 6 heteroatoms. The average molecular weight is 288 g/mol. The van der Waals surface area contributed by atoms with Crippen LogP contribution in [-0.2, 0) is 14.0 Å². The summed E-state index contributed by atoms with van der Waals surface area (Å²) in [6.45, 7) is 6.34. The molecule has 0 aromatic rings. The quantitative estimate of drug-likeness (QED) is 0.696. The Bertz CT molecular complexity index is 558. The third-order valence-corrected chi connectivity index (χ3v) is 3.53. The van der Waals surface area contributed by atoms with Gasteiger partial charge in [-0.15, -0.1) is 0 Å². The van der Waals surface area contributed by atoms with E-state index >= 15 is 0 Å². The van der Waals surface area contributed by atoms with Crippen molar-refractivity contribution in [1.29, 1.82) is 0 Å². The SMILES string of the molecule is [2H]C1([2H])N(C(=O)OC(C)(C)C)C([2H])([2H])C1([2H])B1OC(C)(C)C(C)(C)O1. The van der Waals surface area contributed by atoms with Crippen molar-refractivity contribution < 1.29 is 25.7 Å². The normalized spacial score (nSPS) is 35.9. The molecule has 1 amide bonds. The number of rotatable bonds is 1. The van der Waals surface area contributed by atoms with Gasteiger partial charge in [0.25, 0.3) is 0 Å². The van der Waals surface area contributed by atoms with E-state index in [-0.39, 0.29) is 0 Å². The minimum atomic E-state index is -2.68. The van der Waals surface area contributed by atoms with Gasteiger partial charge in [-0.2, -0.15) is 0 Å². The van der Waals surface area contributed by atoms with E-state index in [9.17, 15) is 4.79 Å². The number of carbonyl (C=O) groups is 1. The minimum Gasteiger partial charge on any atom is -0.444 e. The molecule has 2 saturated heterocycles. The Morgan fingerprint density at radius 3 is 2.15 bits per heavy atom. The third kappa shape index (κ3) is 2.96. The highest BCUT2D eigenvalue weighted by Crippen LogP contribution is 2.42. The number of hydrogen-bond acceptors (Lipinski definition) is 4. The zero-order chi connectivity index (χ0) is 19.9. The molecule has 0 unspecified atom stereocenters. The molecule has 0 aromatic heterocycles. The van der Waals surface area contributed by atoms with Crippen molar-refractivity contribution in [2.75, 3.05) is 13.0 Å². The van der Waals surface area contributed by atoms with Crippen LogP contribution in [-0.4, -0.2) is 47.9 Å². The van der Waals surface area contributed by atoms with E-state index in [4.69, 9.17) is 20.9 Å². The maximum atomic E-state index is 12.3. The first-order valence-corrected chi connectivity index (χ1v) is 6.70. The summed E-state index contributed by atoms with van der Waals surface area (Å²) in [5.41, 5.74) is -2.64. The standard InChI is InChI=1S/C14H26BNO4/c1-12(2,3)18-11(17)16-8-10(9-16)15-19-13(4,5)14(6,7)20-15/h10H,8-9H2,1-7H3/i8D2,9D2,10D. The second kappa shape index (κ2) is 4.63. The molecule has 0 atom stereocenters. The second-order valence-electron chi connectivity index (χ2n) is 7.04. The molecule has 0 bridgehead atoms. The topological polar surface area (TPSA) is 48.0 Å². The lowest BCUT2D eigenvalue weighted by atomic mass is 9.67. The summed E-state index contributed by atoms with van der Waals surface area (Å²) in [4.78, 5) is 12.6.